The molecule has 0 aromatic carbocycles. The Bertz CT molecular complexity index is 1080. The van der Waals surface area contributed by atoms with Gasteiger partial charge in [0, 0.05) is 12.8 Å². The molecule has 0 spiro atoms. The third-order valence-corrected chi connectivity index (χ3v) is 6.42. The van der Waals surface area contributed by atoms with Gasteiger partial charge >= 0.3 is 25.5 Å². The fourth-order valence-electron chi connectivity index (χ4n) is 2.92. The van der Waals surface area contributed by atoms with Gasteiger partial charge in [-0.3, -0.25) is 18.7 Å². The minimum Gasteiger partial charge on any atom is -0.437 e. The van der Waals surface area contributed by atoms with Gasteiger partial charge in [0.25, 0.3) is 0 Å². The van der Waals surface area contributed by atoms with E-state index >= 15 is 4.39 Å². The van der Waals surface area contributed by atoms with Crippen LogP contribution < -0.4 is 11.4 Å². The molecule has 216 valence electrons. The molecule has 38 heavy (non-hydrogen) atoms. The summed E-state index contributed by atoms with van der Waals surface area (Å²) < 4.78 is 59.7. The number of phosphoric ester groups is 1. The summed E-state index contributed by atoms with van der Waals surface area (Å²) >= 11 is 0. The van der Waals surface area contributed by atoms with Crippen molar-refractivity contribution >= 4 is 25.7 Å². The van der Waals surface area contributed by atoms with Crippen LogP contribution in [0.1, 0.15) is 54.4 Å². The number of hydrogen-bond donors (Lipinski definition) is 2. The van der Waals surface area contributed by atoms with Crippen molar-refractivity contribution in [2.24, 2.45) is 10.8 Å². The number of hydrogen-bond acceptors (Lipinski definition) is 14. The van der Waals surface area contributed by atoms with Crippen LogP contribution in [0.2, 0.25) is 0 Å². The van der Waals surface area contributed by atoms with Gasteiger partial charge in [0.1, 0.15) is 12.9 Å². The Hall–Kier alpha value is -2.49. The summed E-state index contributed by atoms with van der Waals surface area (Å²) in [5, 5.41) is 9.91. The number of anilines is 1. The Kier molecular flexibility index (Phi) is 9.78. The van der Waals surface area contributed by atoms with E-state index in [0.717, 1.165) is 10.9 Å². The Morgan fingerprint density at radius 1 is 1.11 bits per heavy atom. The number of aliphatic hydroxyl groups is 1. The van der Waals surface area contributed by atoms with E-state index in [-0.39, 0.29) is 12.4 Å². The SMILES string of the molecule is CC(C)(C)C(=O)OCOP(=O)(OCOC(=O)C(C)(C)C)OC[C@]1(F)CC[C@](CO)(n2cnc(N)nc2=O)O1. The number of carbonyl (C=O) groups excluding carboxylic acids is 2. The highest BCUT2D eigenvalue weighted by atomic mass is 31.2. The lowest BCUT2D eigenvalue weighted by Crippen LogP contribution is -2.47. The smallest absolute Gasteiger partial charge is 0.437 e. The van der Waals surface area contributed by atoms with Crippen LogP contribution in [0.5, 0.6) is 0 Å². The molecule has 2 rings (SSSR count). The maximum atomic E-state index is 15.6. The number of halogens is 1. The lowest BCUT2D eigenvalue weighted by molar-refractivity contribution is -0.236. The van der Waals surface area contributed by atoms with Gasteiger partial charge in [0.15, 0.2) is 5.72 Å². The number of aliphatic hydroxyl groups excluding tert-OH is 1. The molecule has 1 fully saturated rings. The molecule has 2 heterocycles. The van der Waals surface area contributed by atoms with E-state index in [9.17, 15) is 24.1 Å². The molecule has 17 heteroatoms. The summed E-state index contributed by atoms with van der Waals surface area (Å²) in [7, 11) is -4.72. The molecule has 0 amide bonds. The quantitative estimate of drug-likeness (QED) is 0.221. The van der Waals surface area contributed by atoms with E-state index in [1.54, 1.807) is 41.5 Å². The van der Waals surface area contributed by atoms with Crippen molar-refractivity contribution in [3.8, 4) is 0 Å². The maximum absolute atomic E-state index is 15.6. The summed E-state index contributed by atoms with van der Waals surface area (Å²) in [4.78, 5) is 43.3. The van der Waals surface area contributed by atoms with Gasteiger partial charge in [-0.15, -0.1) is 0 Å². The number of nitrogens with two attached hydrogens (primary N) is 1. The number of nitrogens with zero attached hydrogens (tertiary/aromatic N) is 3. The molecule has 0 saturated carbocycles. The first-order valence-electron chi connectivity index (χ1n) is 11.4. The van der Waals surface area contributed by atoms with Crippen molar-refractivity contribution in [2.45, 2.75) is 66.0 Å². The molecule has 15 nitrogen and oxygen atoms in total. The zero-order valence-electron chi connectivity index (χ0n) is 22.1. The minimum atomic E-state index is -4.72. The van der Waals surface area contributed by atoms with Crippen LogP contribution in [0.3, 0.4) is 0 Å². The molecule has 1 saturated heterocycles. The molecule has 1 aromatic heterocycles. The van der Waals surface area contributed by atoms with Crippen molar-refractivity contribution < 1.29 is 51.4 Å². The summed E-state index contributed by atoms with van der Waals surface area (Å²) in [5.74, 6) is -4.43. The fraction of sp³-hybridized carbons (Fsp3) is 0.762. The van der Waals surface area contributed by atoms with Crippen molar-refractivity contribution in [2.75, 3.05) is 32.5 Å². The Balaban J connectivity index is 2.14. The van der Waals surface area contributed by atoms with Crippen molar-refractivity contribution in [3.05, 3.63) is 16.8 Å². The van der Waals surface area contributed by atoms with E-state index in [0.29, 0.717) is 0 Å². The van der Waals surface area contributed by atoms with Gasteiger partial charge in [-0.25, -0.2) is 27.8 Å². The van der Waals surface area contributed by atoms with Gasteiger partial charge < -0.3 is 25.1 Å². The third kappa shape index (κ3) is 8.25. The molecule has 3 N–H and O–H groups in total. The van der Waals surface area contributed by atoms with Crippen LogP contribution in [0.15, 0.2) is 11.1 Å². The number of phosphoric acid groups is 1. The van der Waals surface area contributed by atoms with Gasteiger partial charge in [0.2, 0.25) is 25.4 Å². The number of rotatable bonds is 11. The van der Waals surface area contributed by atoms with E-state index in [2.05, 4.69) is 9.97 Å². The number of esters is 2. The summed E-state index contributed by atoms with van der Waals surface area (Å²) in [6, 6.07) is 0. The molecule has 0 unspecified atom stereocenters. The Morgan fingerprint density at radius 3 is 2.08 bits per heavy atom. The van der Waals surface area contributed by atoms with Crippen LogP contribution >= 0.6 is 7.82 Å². The van der Waals surface area contributed by atoms with Crippen LogP contribution in [0.25, 0.3) is 0 Å². The number of alkyl halides is 1. The topological polar surface area (TPSA) is 201 Å². The minimum absolute atomic E-state index is 0.227. The molecule has 1 aliphatic rings. The van der Waals surface area contributed by atoms with E-state index in [1.807, 2.05) is 0 Å². The lowest BCUT2D eigenvalue weighted by Gasteiger charge is -2.30. The highest BCUT2D eigenvalue weighted by Gasteiger charge is 2.53. The molecular formula is C21H34FN4O11P. The van der Waals surface area contributed by atoms with E-state index in [4.69, 9.17) is 33.5 Å². The maximum Gasteiger partial charge on any atom is 0.480 e. The fourth-order valence-corrected chi connectivity index (χ4v) is 3.86. The number of ether oxygens (including phenoxy) is 3. The molecule has 0 radical (unpaired) electrons. The van der Waals surface area contributed by atoms with Gasteiger partial charge in [-0.2, -0.15) is 4.98 Å². The second-order valence-electron chi connectivity index (χ2n) is 10.5. The van der Waals surface area contributed by atoms with E-state index < -0.39 is 81.1 Å². The molecular weight excluding hydrogens is 534 g/mol. The molecule has 0 aliphatic carbocycles. The highest BCUT2D eigenvalue weighted by Crippen LogP contribution is 2.52. The van der Waals surface area contributed by atoms with Crippen LogP contribution in [-0.2, 0) is 47.7 Å². The van der Waals surface area contributed by atoms with Gasteiger partial charge in [-0.05, 0) is 41.5 Å². The second-order valence-corrected chi connectivity index (χ2v) is 12.2. The summed E-state index contributed by atoms with van der Waals surface area (Å²) in [6.07, 6.45) is 0.287. The first-order chi connectivity index (χ1) is 17.3. The average Bonchev–Trinajstić information content (AvgIpc) is 3.15. The Labute approximate surface area is 218 Å². The molecule has 2 atom stereocenters. The monoisotopic (exact) mass is 568 g/mol. The van der Waals surface area contributed by atoms with Crippen molar-refractivity contribution in [1.29, 1.82) is 0 Å². The largest absolute Gasteiger partial charge is 0.480 e. The predicted octanol–water partition coefficient (Wildman–Crippen LogP) is 1.59. The average molecular weight is 568 g/mol. The summed E-state index contributed by atoms with van der Waals surface area (Å²) in [5.41, 5.74) is 0.703. The number of aromatic nitrogens is 3. The Morgan fingerprint density at radius 2 is 1.63 bits per heavy atom. The van der Waals surface area contributed by atoms with Crippen molar-refractivity contribution in [1.82, 2.24) is 14.5 Å². The van der Waals surface area contributed by atoms with Crippen LogP contribution in [-0.4, -0.2) is 64.2 Å². The summed E-state index contributed by atoms with van der Waals surface area (Å²) in [6.45, 7) is 5.74. The number of nitrogen functional groups attached to an aromatic ring is 1. The van der Waals surface area contributed by atoms with Gasteiger partial charge in [0.05, 0.1) is 17.4 Å². The standard InChI is InChI=1S/C21H34FN4O11P/c1-18(2,3)14(28)32-12-35-38(31,36-13-33-15(29)19(4,5)6)34-10-20(22)7-8-21(9-27,37-20)26-11-24-16(23)25-17(26)30/h11,27H,7-10,12-13H2,1-6H3,(H2,23,25,30)/t20-,21-/m0/s1. The van der Waals surface area contributed by atoms with Gasteiger partial charge in [-0.1, -0.05) is 0 Å². The molecule has 1 aromatic rings. The first-order valence-corrected chi connectivity index (χ1v) is 12.9. The van der Waals surface area contributed by atoms with E-state index in [1.165, 1.54) is 0 Å². The molecule has 0 bridgehead atoms. The second kappa shape index (κ2) is 11.7. The van der Waals surface area contributed by atoms with Crippen molar-refractivity contribution in [3.63, 3.8) is 0 Å². The lowest BCUT2D eigenvalue weighted by atomic mass is 9.98. The zero-order valence-corrected chi connectivity index (χ0v) is 23.0. The first kappa shape index (κ1) is 31.7. The zero-order chi connectivity index (χ0) is 29.0. The number of carbonyl (C=O) groups is 2. The molecule has 1 aliphatic heterocycles. The normalized spacial score (nSPS) is 22.3. The van der Waals surface area contributed by atoms with Crippen LogP contribution in [0, 0.1) is 10.8 Å². The third-order valence-electron chi connectivity index (χ3n) is 5.13. The highest BCUT2D eigenvalue weighted by molar-refractivity contribution is 7.48. The van der Waals surface area contributed by atoms with Crippen LogP contribution in [0.4, 0.5) is 10.3 Å². The predicted molar refractivity (Wildman–Crippen MR) is 126 cm³/mol.